The van der Waals surface area contributed by atoms with Crippen LogP contribution in [0.15, 0.2) is 29.2 Å². The Balaban J connectivity index is 2.99. The van der Waals surface area contributed by atoms with Crippen molar-refractivity contribution in [2.24, 2.45) is 0 Å². The van der Waals surface area contributed by atoms with Crippen molar-refractivity contribution >= 4 is 21.5 Å². The lowest BCUT2D eigenvalue weighted by molar-refractivity contribution is -0.145. The molecule has 5 nitrogen and oxygen atoms in total. The molecule has 1 unspecified atom stereocenters. The van der Waals surface area contributed by atoms with Crippen LogP contribution in [0.25, 0.3) is 0 Å². The van der Waals surface area contributed by atoms with Gasteiger partial charge in [-0.2, -0.15) is 0 Å². The van der Waals surface area contributed by atoms with Gasteiger partial charge in [-0.3, -0.25) is 0 Å². The molecule has 1 N–H and O–H groups in total. The summed E-state index contributed by atoms with van der Waals surface area (Å²) in [6.07, 6.45) is 1.44. The molecule has 0 amide bonds. The van der Waals surface area contributed by atoms with Gasteiger partial charge >= 0.3 is 5.97 Å². The summed E-state index contributed by atoms with van der Waals surface area (Å²) >= 11 is 0. The summed E-state index contributed by atoms with van der Waals surface area (Å²) in [7, 11) is -1.85. The lowest BCUT2D eigenvalue weighted by Crippen LogP contribution is -2.44. The predicted molar refractivity (Wildman–Crippen MR) is 83.1 cm³/mol. The minimum Gasteiger partial charge on any atom is -0.467 e. The Labute approximate surface area is 126 Å². The van der Waals surface area contributed by atoms with Gasteiger partial charge in [-0.25, -0.2) is 13.2 Å². The lowest BCUT2D eigenvalue weighted by atomic mass is 9.96. The van der Waals surface area contributed by atoms with Gasteiger partial charge < -0.3 is 10.1 Å². The van der Waals surface area contributed by atoms with Crippen molar-refractivity contribution in [3.63, 3.8) is 0 Å². The monoisotopic (exact) mass is 313 g/mol. The summed E-state index contributed by atoms with van der Waals surface area (Å²) in [5, 5.41) is 3.13. The molecule has 21 heavy (non-hydrogen) atoms. The first-order valence-electron chi connectivity index (χ1n) is 6.98. The summed E-state index contributed by atoms with van der Waals surface area (Å²) in [5.41, 5.74) is -0.138. The highest BCUT2D eigenvalue weighted by Crippen LogP contribution is 2.23. The second-order valence-electron chi connectivity index (χ2n) is 5.13. The van der Waals surface area contributed by atoms with Crippen molar-refractivity contribution in [3.05, 3.63) is 24.3 Å². The molecule has 6 heteroatoms. The summed E-state index contributed by atoms with van der Waals surface area (Å²) in [6.45, 7) is 5.37. The van der Waals surface area contributed by atoms with E-state index in [4.69, 9.17) is 4.74 Å². The van der Waals surface area contributed by atoms with Crippen molar-refractivity contribution in [1.82, 2.24) is 0 Å². The molecule has 0 saturated heterocycles. The average Bonchev–Trinajstić information content (AvgIpc) is 2.47. The van der Waals surface area contributed by atoms with Gasteiger partial charge in [0.1, 0.15) is 5.54 Å². The maximum atomic E-state index is 11.9. The molecular weight excluding hydrogens is 290 g/mol. The van der Waals surface area contributed by atoms with Crippen molar-refractivity contribution in [1.29, 1.82) is 0 Å². The van der Waals surface area contributed by atoms with Crippen LogP contribution in [0.4, 0.5) is 5.69 Å². The zero-order chi connectivity index (χ0) is 16.1. The van der Waals surface area contributed by atoms with Gasteiger partial charge in [-0.05, 0) is 37.6 Å². The summed E-state index contributed by atoms with van der Waals surface area (Å²) in [4.78, 5) is 12.2. The third-order valence-electron chi connectivity index (χ3n) is 3.40. The average molecular weight is 313 g/mol. The van der Waals surface area contributed by atoms with Crippen LogP contribution in [0, 0.1) is 0 Å². The number of hydrogen-bond acceptors (Lipinski definition) is 5. The topological polar surface area (TPSA) is 72.5 Å². The summed E-state index contributed by atoms with van der Waals surface area (Å²) in [5.74, 6) is -0.273. The van der Waals surface area contributed by atoms with E-state index in [-0.39, 0.29) is 16.6 Å². The smallest absolute Gasteiger partial charge is 0.331 e. The number of nitrogens with one attached hydrogen (secondary N) is 1. The fraction of sp³-hybridized carbons (Fsp3) is 0.533. The largest absolute Gasteiger partial charge is 0.467 e. The number of sulfone groups is 1. The van der Waals surface area contributed by atoms with E-state index in [0.717, 1.165) is 6.42 Å². The van der Waals surface area contributed by atoms with Gasteiger partial charge in [0.15, 0.2) is 9.84 Å². The molecule has 0 heterocycles. The normalized spacial score (nSPS) is 14.3. The van der Waals surface area contributed by atoms with E-state index in [1.165, 1.54) is 7.11 Å². The Bertz CT molecular complexity index is 580. The van der Waals surface area contributed by atoms with E-state index in [1.54, 1.807) is 38.1 Å². The zero-order valence-corrected chi connectivity index (χ0v) is 13.8. The second-order valence-corrected chi connectivity index (χ2v) is 7.40. The van der Waals surface area contributed by atoms with Crippen LogP contribution in [-0.4, -0.2) is 32.8 Å². The van der Waals surface area contributed by atoms with Gasteiger partial charge in [0, 0.05) is 5.69 Å². The van der Waals surface area contributed by atoms with E-state index >= 15 is 0 Å². The van der Waals surface area contributed by atoms with Crippen LogP contribution in [0.5, 0.6) is 0 Å². The highest BCUT2D eigenvalue weighted by molar-refractivity contribution is 7.91. The molecule has 1 atom stereocenters. The van der Waals surface area contributed by atoms with Crippen LogP contribution < -0.4 is 5.32 Å². The highest BCUT2D eigenvalue weighted by atomic mass is 32.2. The Morgan fingerprint density at radius 3 is 2.24 bits per heavy atom. The van der Waals surface area contributed by atoms with Crippen LogP contribution in [-0.2, 0) is 19.4 Å². The molecule has 118 valence electrons. The van der Waals surface area contributed by atoms with Gasteiger partial charge in [-0.15, -0.1) is 0 Å². The minimum absolute atomic E-state index is 0.0650. The number of ether oxygens (including phenoxy) is 1. The molecule has 0 saturated carbocycles. The quantitative estimate of drug-likeness (QED) is 0.783. The van der Waals surface area contributed by atoms with Crippen molar-refractivity contribution in [2.45, 2.75) is 44.0 Å². The molecule has 0 bridgehead atoms. The van der Waals surface area contributed by atoms with Crippen molar-refractivity contribution < 1.29 is 17.9 Å². The number of benzene rings is 1. The maximum absolute atomic E-state index is 11.9. The molecule has 1 aromatic rings. The Morgan fingerprint density at radius 2 is 1.81 bits per heavy atom. The molecule has 0 aliphatic carbocycles. The fourth-order valence-electron chi connectivity index (χ4n) is 2.17. The van der Waals surface area contributed by atoms with Gasteiger partial charge in [0.25, 0.3) is 0 Å². The van der Waals surface area contributed by atoms with E-state index in [9.17, 15) is 13.2 Å². The van der Waals surface area contributed by atoms with Crippen LogP contribution in [0.2, 0.25) is 0 Å². The third kappa shape index (κ3) is 4.20. The van der Waals surface area contributed by atoms with Gasteiger partial charge in [0.2, 0.25) is 0 Å². The Morgan fingerprint density at radius 1 is 1.24 bits per heavy atom. The van der Waals surface area contributed by atoms with Crippen molar-refractivity contribution in [3.8, 4) is 0 Å². The number of rotatable bonds is 7. The van der Waals surface area contributed by atoms with Crippen molar-refractivity contribution in [2.75, 3.05) is 18.2 Å². The Kier molecular flexibility index (Phi) is 5.78. The van der Waals surface area contributed by atoms with E-state index in [2.05, 4.69) is 5.32 Å². The van der Waals surface area contributed by atoms with E-state index in [0.29, 0.717) is 12.1 Å². The summed E-state index contributed by atoms with van der Waals surface area (Å²) in [6, 6.07) is 6.43. The van der Waals surface area contributed by atoms with E-state index in [1.807, 2.05) is 6.92 Å². The molecule has 0 spiro atoms. The van der Waals surface area contributed by atoms with E-state index < -0.39 is 15.4 Å². The predicted octanol–water partition coefficient (Wildman–Crippen LogP) is 2.62. The second kappa shape index (κ2) is 6.93. The third-order valence-corrected chi connectivity index (χ3v) is 5.15. The fourth-order valence-corrected chi connectivity index (χ4v) is 3.06. The molecule has 0 fully saturated rings. The molecule has 0 aliphatic heterocycles. The number of hydrogen-bond donors (Lipinski definition) is 1. The molecular formula is C15H23NO4S. The molecule has 1 aromatic carbocycles. The number of carbonyl (C=O) groups is 1. The van der Waals surface area contributed by atoms with Crippen LogP contribution in [0.1, 0.15) is 33.6 Å². The lowest BCUT2D eigenvalue weighted by Gasteiger charge is -2.28. The number of anilines is 1. The first kappa shape index (κ1) is 17.5. The number of carbonyl (C=O) groups excluding carboxylic acids is 1. The standard InChI is InChI=1S/C15H23NO4S/c1-5-11-15(3,14(17)20-4)16-12-7-9-13(10-8-12)21(18,19)6-2/h7-10,16H,5-6,11H2,1-4H3. The van der Waals surface area contributed by atoms with Gasteiger partial charge in [0.05, 0.1) is 17.8 Å². The minimum atomic E-state index is -3.21. The highest BCUT2D eigenvalue weighted by Gasteiger charge is 2.33. The van der Waals surface area contributed by atoms with Crippen LogP contribution in [0.3, 0.4) is 0 Å². The molecule has 0 aromatic heterocycles. The Hall–Kier alpha value is -1.56. The summed E-state index contributed by atoms with van der Waals surface area (Å²) < 4.78 is 28.4. The molecule has 0 aliphatic rings. The first-order chi connectivity index (χ1) is 9.79. The number of methoxy groups -OCH3 is 1. The van der Waals surface area contributed by atoms with Gasteiger partial charge in [-0.1, -0.05) is 20.3 Å². The van der Waals surface area contributed by atoms with Crippen LogP contribution >= 0.6 is 0 Å². The zero-order valence-electron chi connectivity index (χ0n) is 13.0. The SMILES string of the molecule is CCCC(C)(Nc1ccc(S(=O)(=O)CC)cc1)C(=O)OC. The molecule has 0 radical (unpaired) electrons. The molecule has 1 rings (SSSR count). The first-order valence-corrected chi connectivity index (χ1v) is 8.63. The maximum Gasteiger partial charge on any atom is 0.331 e. The number of esters is 1.